The Morgan fingerprint density at radius 3 is 1.89 bits per heavy atom. The van der Waals surface area contributed by atoms with Gasteiger partial charge in [-0.25, -0.2) is 0 Å². The summed E-state index contributed by atoms with van der Waals surface area (Å²) in [5.74, 6) is 0.275. The molecule has 0 unspecified atom stereocenters. The fourth-order valence-corrected chi connectivity index (χ4v) is 4.46. The van der Waals surface area contributed by atoms with Crippen LogP contribution in [0, 0.1) is 16.7 Å². The number of carbonyl (C=O) groups excluding carboxylic acids is 1. The predicted octanol–water partition coefficient (Wildman–Crippen LogP) is 5.78. The van der Waals surface area contributed by atoms with Crippen molar-refractivity contribution in [2.45, 2.75) is 62.3 Å². The Labute approximate surface area is 173 Å². The van der Waals surface area contributed by atoms with E-state index in [1.807, 2.05) is 30.3 Å². The van der Waals surface area contributed by atoms with Gasteiger partial charge in [-0.1, -0.05) is 85.7 Å². The Morgan fingerprint density at radius 2 is 1.46 bits per heavy atom. The summed E-state index contributed by atoms with van der Waals surface area (Å²) in [7, 11) is 0. The standard InChI is InChI=1S/C25H42N2O/c1-10-27(11-2)18-17-26-19(3)21(22(28)20-15-13-12-14-16-20)23(24(4,5)6)25(7,8)9/h12-16,23,26H,10-11,17-18H2,1-9H3/b21-19+. The third-order valence-corrected chi connectivity index (χ3v) is 5.42. The second-order valence-corrected chi connectivity index (χ2v) is 9.85. The normalized spacial score (nSPS) is 13.7. The molecule has 0 amide bonds. The van der Waals surface area contributed by atoms with Gasteiger partial charge in [-0.15, -0.1) is 0 Å². The number of hydrogen-bond acceptors (Lipinski definition) is 3. The van der Waals surface area contributed by atoms with Crippen LogP contribution in [0.15, 0.2) is 41.6 Å². The average Bonchev–Trinajstić information content (AvgIpc) is 2.61. The van der Waals surface area contributed by atoms with Gasteiger partial charge in [0.2, 0.25) is 0 Å². The highest BCUT2D eigenvalue weighted by molar-refractivity contribution is 6.09. The van der Waals surface area contributed by atoms with Crippen LogP contribution in [-0.2, 0) is 0 Å². The zero-order chi connectivity index (χ0) is 21.5. The van der Waals surface area contributed by atoms with Gasteiger partial charge in [0.15, 0.2) is 5.78 Å². The van der Waals surface area contributed by atoms with E-state index in [2.05, 4.69) is 72.5 Å². The van der Waals surface area contributed by atoms with Crippen LogP contribution < -0.4 is 5.32 Å². The molecule has 0 aliphatic rings. The number of likely N-dealkylation sites (N-methyl/N-ethyl adjacent to an activating group) is 1. The summed E-state index contributed by atoms with van der Waals surface area (Å²) in [5.41, 5.74) is 2.64. The van der Waals surface area contributed by atoms with Gasteiger partial charge in [0, 0.05) is 29.9 Å². The topological polar surface area (TPSA) is 32.3 Å². The number of nitrogens with zero attached hydrogens (tertiary/aromatic N) is 1. The minimum Gasteiger partial charge on any atom is -0.387 e. The predicted molar refractivity (Wildman–Crippen MR) is 122 cm³/mol. The first-order valence-electron chi connectivity index (χ1n) is 10.7. The average molecular weight is 387 g/mol. The number of benzene rings is 1. The van der Waals surface area contributed by atoms with E-state index >= 15 is 0 Å². The Morgan fingerprint density at radius 1 is 0.964 bits per heavy atom. The maximum atomic E-state index is 13.6. The molecule has 1 aromatic rings. The summed E-state index contributed by atoms with van der Waals surface area (Å²) >= 11 is 0. The summed E-state index contributed by atoms with van der Waals surface area (Å²) in [6.45, 7) is 23.8. The number of rotatable bonds is 9. The highest BCUT2D eigenvalue weighted by Crippen LogP contribution is 2.46. The van der Waals surface area contributed by atoms with Crippen LogP contribution in [-0.4, -0.2) is 36.9 Å². The summed E-state index contributed by atoms with van der Waals surface area (Å²) in [6.07, 6.45) is 0. The molecule has 3 heteroatoms. The molecule has 3 nitrogen and oxygen atoms in total. The fourth-order valence-electron chi connectivity index (χ4n) is 4.46. The van der Waals surface area contributed by atoms with Gasteiger partial charge in [0.25, 0.3) is 0 Å². The molecule has 0 radical (unpaired) electrons. The first-order chi connectivity index (χ1) is 12.9. The van der Waals surface area contributed by atoms with Crippen LogP contribution in [0.3, 0.4) is 0 Å². The van der Waals surface area contributed by atoms with E-state index in [-0.39, 0.29) is 22.5 Å². The van der Waals surface area contributed by atoms with Crippen LogP contribution in [0.25, 0.3) is 0 Å². The van der Waals surface area contributed by atoms with Gasteiger partial charge in [0.05, 0.1) is 0 Å². The molecule has 0 aliphatic heterocycles. The maximum Gasteiger partial charge on any atom is 0.191 e. The van der Waals surface area contributed by atoms with Crippen molar-refractivity contribution in [2.24, 2.45) is 16.7 Å². The number of nitrogens with one attached hydrogen (secondary N) is 1. The monoisotopic (exact) mass is 386 g/mol. The summed E-state index contributed by atoms with van der Waals surface area (Å²) in [5, 5.41) is 3.57. The molecule has 0 atom stereocenters. The molecule has 1 rings (SSSR count). The molecule has 0 fully saturated rings. The maximum absolute atomic E-state index is 13.6. The molecule has 0 spiro atoms. The molecule has 0 aliphatic carbocycles. The Kier molecular flexibility index (Phi) is 8.94. The Bertz CT molecular complexity index is 629. The zero-order valence-corrected chi connectivity index (χ0v) is 19.6. The first-order valence-corrected chi connectivity index (χ1v) is 10.7. The van der Waals surface area contributed by atoms with Crippen molar-refractivity contribution in [3.8, 4) is 0 Å². The lowest BCUT2D eigenvalue weighted by molar-refractivity contribution is 0.0904. The second-order valence-electron chi connectivity index (χ2n) is 9.85. The van der Waals surface area contributed by atoms with E-state index in [9.17, 15) is 4.79 Å². The highest BCUT2D eigenvalue weighted by Gasteiger charge is 2.41. The van der Waals surface area contributed by atoms with Gasteiger partial charge in [-0.3, -0.25) is 4.79 Å². The van der Waals surface area contributed by atoms with Gasteiger partial charge >= 0.3 is 0 Å². The van der Waals surface area contributed by atoms with Crippen LogP contribution >= 0.6 is 0 Å². The molecule has 0 saturated heterocycles. The van der Waals surface area contributed by atoms with Gasteiger partial charge in [-0.05, 0) is 36.8 Å². The van der Waals surface area contributed by atoms with Crippen molar-refractivity contribution in [1.82, 2.24) is 10.2 Å². The van der Waals surface area contributed by atoms with Gasteiger partial charge < -0.3 is 10.2 Å². The largest absolute Gasteiger partial charge is 0.387 e. The molecule has 28 heavy (non-hydrogen) atoms. The molecule has 158 valence electrons. The summed E-state index contributed by atoms with van der Waals surface area (Å²) < 4.78 is 0. The molecule has 0 aromatic heterocycles. The molecule has 1 N–H and O–H groups in total. The number of carbonyl (C=O) groups is 1. The van der Waals surface area contributed by atoms with Crippen LogP contribution in [0.1, 0.15) is 72.7 Å². The lowest BCUT2D eigenvalue weighted by atomic mass is 9.62. The molecule has 0 saturated carbocycles. The van der Waals surface area contributed by atoms with E-state index in [1.165, 1.54) is 0 Å². The number of ketones is 1. The summed E-state index contributed by atoms with van der Waals surface area (Å²) in [4.78, 5) is 16.0. The molecular formula is C25H42N2O. The van der Waals surface area contributed by atoms with Crippen molar-refractivity contribution in [3.63, 3.8) is 0 Å². The molecule has 1 aromatic carbocycles. The smallest absolute Gasteiger partial charge is 0.191 e. The highest BCUT2D eigenvalue weighted by atomic mass is 16.1. The van der Waals surface area contributed by atoms with Crippen LogP contribution in [0.2, 0.25) is 0 Å². The van der Waals surface area contributed by atoms with Gasteiger partial charge in [0.1, 0.15) is 0 Å². The Hall–Kier alpha value is -1.61. The third kappa shape index (κ3) is 6.77. The van der Waals surface area contributed by atoms with E-state index in [1.54, 1.807) is 0 Å². The molecular weight excluding hydrogens is 344 g/mol. The second kappa shape index (κ2) is 10.2. The zero-order valence-electron chi connectivity index (χ0n) is 19.6. The number of allylic oxidation sites excluding steroid dienone is 2. The third-order valence-electron chi connectivity index (χ3n) is 5.42. The van der Waals surface area contributed by atoms with E-state index in [4.69, 9.17) is 0 Å². The van der Waals surface area contributed by atoms with E-state index < -0.39 is 0 Å². The minimum absolute atomic E-state index is 0.0279. The number of hydrogen-bond donors (Lipinski definition) is 1. The minimum atomic E-state index is -0.0279. The van der Waals surface area contributed by atoms with Gasteiger partial charge in [-0.2, -0.15) is 0 Å². The van der Waals surface area contributed by atoms with Crippen molar-refractivity contribution in [3.05, 3.63) is 47.2 Å². The quantitative estimate of drug-likeness (QED) is 0.431. The lowest BCUT2D eigenvalue weighted by Crippen LogP contribution is -2.39. The van der Waals surface area contributed by atoms with Crippen LogP contribution in [0.5, 0.6) is 0 Å². The van der Waals surface area contributed by atoms with E-state index in [0.717, 1.165) is 43.0 Å². The van der Waals surface area contributed by atoms with Crippen molar-refractivity contribution in [2.75, 3.05) is 26.2 Å². The SMILES string of the molecule is CCN(CC)CCN/C(C)=C(\C(=O)c1ccccc1)C(C(C)(C)C)C(C)(C)C. The fraction of sp³-hybridized carbons (Fsp3) is 0.640. The summed E-state index contributed by atoms with van der Waals surface area (Å²) in [6, 6.07) is 9.69. The van der Waals surface area contributed by atoms with Crippen molar-refractivity contribution in [1.29, 1.82) is 0 Å². The molecule has 0 heterocycles. The number of Topliss-reactive ketones (excluding diaryl/α,β-unsaturated/α-hetero) is 1. The lowest BCUT2D eigenvalue weighted by Gasteiger charge is -2.42. The van der Waals surface area contributed by atoms with Crippen molar-refractivity contribution >= 4 is 5.78 Å². The van der Waals surface area contributed by atoms with E-state index in [0.29, 0.717) is 0 Å². The Balaban J connectivity index is 3.35. The van der Waals surface area contributed by atoms with Crippen molar-refractivity contribution < 1.29 is 4.79 Å². The molecule has 0 bridgehead atoms. The first kappa shape index (κ1) is 24.4. The van der Waals surface area contributed by atoms with Crippen LogP contribution in [0.4, 0.5) is 0 Å².